The smallest absolute Gasteiger partial charge is 0.338 e. The molecule has 0 unspecified atom stereocenters. The minimum Gasteiger partial charge on any atom is -0.478 e. The Morgan fingerprint density at radius 1 is 1.50 bits per heavy atom. The minimum atomic E-state index is -0.966. The highest BCUT2D eigenvalue weighted by molar-refractivity contribution is 6.00. The van der Waals surface area contributed by atoms with E-state index in [1.54, 1.807) is 18.2 Å². The lowest BCUT2D eigenvalue weighted by atomic mass is 10.1. The van der Waals surface area contributed by atoms with Gasteiger partial charge in [-0.2, -0.15) is 0 Å². The average Bonchev–Trinajstić information content (AvgIpc) is 2.85. The molecule has 0 amide bonds. The molecule has 1 aliphatic carbocycles. The van der Waals surface area contributed by atoms with E-state index in [0.29, 0.717) is 17.0 Å². The summed E-state index contributed by atoms with van der Waals surface area (Å²) in [6.07, 6.45) is 2.12. The highest BCUT2D eigenvalue weighted by Crippen LogP contribution is 2.47. The molecule has 0 radical (unpaired) electrons. The zero-order valence-electron chi connectivity index (χ0n) is 8.86. The molecule has 1 heterocycles. The van der Waals surface area contributed by atoms with Gasteiger partial charge in [-0.1, -0.05) is 13.0 Å². The zero-order valence-corrected chi connectivity index (χ0v) is 8.86. The lowest BCUT2D eigenvalue weighted by Crippen LogP contribution is -2.00. The lowest BCUT2D eigenvalue weighted by Gasteiger charge is -1.98. The summed E-state index contributed by atoms with van der Waals surface area (Å²) in [4.78, 5) is 15.3. The Labute approximate surface area is 91.9 Å². The van der Waals surface area contributed by atoms with Gasteiger partial charge in [0.15, 0.2) is 5.58 Å². The van der Waals surface area contributed by atoms with Crippen molar-refractivity contribution in [3.63, 3.8) is 0 Å². The number of rotatable bonds is 2. The van der Waals surface area contributed by atoms with Crippen molar-refractivity contribution >= 4 is 17.1 Å². The van der Waals surface area contributed by atoms with Gasteiger partial charge in [0.25, 0.3) is 0 Å². The normalized spacial score (nSPS) is 17.6. The quantitative estimate of drug-likeness (QED) is 0.839. The number of hydrogen-bond donors (Lipinski definition) is 1. The summed E-state index contributed by atoms with van der Waals surface area (Å²) >= 11 is 0. The van der Waals surface area contributed by atoms with E-state index in [2.05, 4.69) is 11.9 Å². The molecule has 1 fully saturated rings. The summed E-state index contributed by atoms with van der Waals surface area (Å²) in [5, 5.41) is 9.03. The predicted octanol–water partition coefficient (Wildman–Crippen LogP) is 2.58. The highest BCUT2D eigenvalue weighted by atomic mass is 16.4. The number of benzene rings is 1. The van der Waals surface area contributed by atoms with Crippen molar-refractivity contribution in [3.8, 4) is 0 Å². The summed E-state index contributed by atoms with van der Waals surface area (Å²) in [5.41, 5.74) is 1.24. The first-order valence-electron chi connectivity index (χ1n) is 5.23. The number of oxazole rings is 1. The van der Waals surface area contributed by atoms with Gasteiger partial charge in [0.1, 0.15) is 5.52 Å². The molecule has 1 aliphatic rings. The fraction of sp³-hybridized carbons (Fsp3) is 0.333. The minimum absolute atomic E-state index is 0.0226. The molecular formula is C12H11NO3. The van der Waals surface area contributed by atoms with Gasteiger partial charge in [-0.25, -0.2) is 9.78 Å². The van der Waals surface area contributed by atoms with E-state index in [4.69, 9.17) is 9.52 Å². The van der Waals surface area contributed by atoms with Crippen molar-refractivity contribution in [3.05, 3.63) is 29.7 Å². The molecule has 16 heavy (non-hydrogen) atoms. The summed E-state index contributed by atoms with van der Waals surface area (Å²) in [6, 6.07) is 4.98. The van der Waals surface area contributed by atoms with Gasteiger partial charge in [-0.3, -0.25) is 0 Å². The number of para-hydroxylation sites is 1. The molecule has 4 nitrogen and oxygen atoms in total. The highest BCUT2D eigenvalue weighted by Gasteiger charge is 2.44. The first-order chi connectivity index (χ1) is 7.60. The maximum Gasteiger partial charge on any atom is 0.338 e. The van der Waals surface area contributed by atoms with Crippen LogP contribution in [0.25, 0.3) is 11.1 Å². The zero-order chi connectivity index (χ0) is 11.3. The van der Waals surface area contributed by atoms with E-state index >= 15 is 0 Å². The molecule has 1 saturated carbocycles. The molecule has 4 heteroatoms. The Hall–Kier alpha value is -1.84. The van der Waals surface area contributed by atoms with Crippen LogP contribution >= 0.6 is 0 Å². The van der Waals surface area contributed by atoms with Gasteiger partial charge in [-0.05, 0) is 25.0 Å². The van der Waals surface area contributed by atoms with Crippen LogP contribution in [0.2, 0.25) is 0 Å². The van der Waals surface area contributed by atoms with Crippen LogP contribution in [0.3, 0.4) is 0 Å². The van der Waals surface area contributed by atoms with Crippen LogP contribution in [0, 0.1) is 0 Å². The standard InChI is InChI=1S/C12H11NO3/c1-12(5-6-12)11-13-9-7(10(14)15)3-2-4-8(9)16-11/h2-4H,5-6H2,1H3,(H,14,15). The molecule has 82 valence electrons. The van der Waals surface area contributed by atoms with Gasteiger partial charge in [-0.15, -0.1) is 0 Å². The maximum atomic E-state index is 11.0. The first-order valence-corrected chi connectivity index (χ1v) is 5.23. The van der Waals surface area contributed by atoms with Gasteiger partial charge in [0.2, 0.25) is 5.89 Å². The number of aromatic nitrogens is 1. The summed E-state index contributed by atoms with van der Waals surface area (Å²) in [6.45, 7) is 2.08. The third-order valence-electron chi connectivity index (χ3n) is 3.17. The molecule has 1 aromatic carbocycles. The molecule has 1 N–H and O–H groups in total. The number of carbonyl (C=O) groups is 1. The molecule has 2 aromatic rings. The van der Waals surface area contributed by atoms with E-state index < -0.39 is 5.97 Å². The number of fused-ring (bicyclic) bond motifs is 1. The van der Waals surface area contributed by atoms with Crippen LogP contribution in [-0.4, -0.2) is 16.1 Å². The number of hydrogen-bond acceptors (Lipinski definition) is 3. The molecule has 3 rings (SSSR count). The van der Waals surface area contributed by atoms with Gasteiger partial charge >= 0.3 is 5.97 Å². The second-order valence-electron chi connectivity index (χ2n) is 4.54. The first kappa shape index (κ1) is 9.39. The second kappa shape index (κ2) is 2.84. The monoisotopic (exact) mass is 217 g/mol. The number of nitrogens with zero attached hydrogens (tertiary/aromatic N) is 1. The van der Waals surface area contributed by atoms with Crippen molar-refractivity contribution in [2.45, 2.75) is 25.2 Å². The van der Waals surface area contributed by atoms with E-state index in [1.807, 2.05) is 0 Å². The SMILES string of the molecule is CC1(c2nc3c(C(=O)O)cccc3o2)CC1. The Morgan fingerprint density at radius 3 is 2.88 bits per heavy atom. The summed E-state index contributed by atoms with van der Waals surface area (Å²) in [7, 11) is 0. The Bertz CT molecular complexity index is 581. The van der Waals surface area contributed by atoms with Crippen molar-refractivity contribution in [2.24, 2.45) is 0 Å². The third kappa shape index (κ3) is 1.23. The van der Waals surface area contributed by atoms with Crippen LogP contribution in [0.4, 0.5) is 0 Å². The molecular weight excluding hydrogens is 206 g/mol. The second-order valence-corrected chi connectivity index (χ2v) is 4.54. The van der Waals surface area contributed by atoms with Crippen LogP contribution < -0.4 is 0 Å². The van der Waals surface area contributed by atoms with Crippen LogP contribution in [0.1, 0.15) is 36.0 Å². The fourth-order valence-corrected chi connectivity index (χ4v) is 1.78. The van der Waals surface area contributed by atoms with Gasteiger partial charge in [0, 0.05) is 5.41 Å². The Balaban J connectivity index is 2.24. The van der Waals surface area contributed by atoms with Crippen molar-refractivity contribution in [2.75, 3.05) is 0 Å². The average molecular weight is 217 g/mol. The van der Waals surface area contributed by atoms with Crippen molar-refractivity contribution < 1.29 is 14.3 Å². The van der Waals surface area contributed by atoms with Gasteiger partial charge in [0.05, 0.1) is 5.56 Å². The number of carboxylic acids is 1. The Kier molecular flexibility index (Phi) is 1.67. The van der Waals surface area contributed by atoms with Crippen molar-refractivity contribution in [1.82, 2.24) is 4.98 Å². The lowest BCUT2D eigenvalue weighted by molar-refractivity contribution is 0.0699. The fourth-order valence-electron chi connectivity index (χ4n) is 1.78. The van der Waals surface area contributed by atoms with E-state index in [0.717, 1.165) is 12.8 Å². The largest absolute Gasteiger partial charge is 0.478 e. The molecule has 0 bridgehead atoms. The summed E-state index contributed by atoms with van der Waals surface area (Å²) < 4.78 is 5.61. The van der Waals surface area contributed by atoms with E-state index in [-0.39, 0.29) is 11.0 Å². The van der Waals surface area contributed by atoms with E-state index in [1.165, 1.54) is 0 Å². The van der Waals surface area contributed by atoms with Crippen LogP contribution in [0.5, 0.6) is 0 Å². The summed E-state index contributed by atoms with van der Waals surface area (Å²) in [5.74, 6) is -0.303. The molecule has 1 aromatic heterocycles. The van der Waals surface area contributed by atoms with Crippen LogP contribution in [0.15, 0.2) is 22.6 Å². The molecule has 0 saturated heterocycles. The third-order valence-corrected chi connectivity index (χ3v) is 3.17. The molecule has 0 atom stereocenters. The van der Waals surface area contributed by atoms with Crippen LogP contribution in [-0.2, 0) is 5.41 Å². The van der Waals surface area contributed by atoms with E-state index in [9.17, 15) is 4.79 Å². The van der Waals surface area contributed by atoms with Gasteiger partial charge < -0.3 is 9.52 Å². The molecule has 0 aliphatic heterocycles. The topological polar surface area (TPSA) is 63.3 Å². The maximum absolute atomic E-state index is 11.0. The molecule has 0 spiro atoms. The number of carboxylic acid groups (broad SMARTS) is 1. The predicted molar refractivity (Wildman–Crippen MR) is 57.6 cm³/mol. The Morgan fingerprint density at radius 2 is 2.25 bits per heavy atom. The van der Waals surface area contributed by atoms with Crippen molar-refractivity contribution in [1.29, 1.82) is 0 Å². The number of aromatic carboxylic acids is 1.